The van der Waals surface area contributed by atoms with E-state index >= 15 is 0 Å². The van der Waals surface area contributed by atoms with Crippen molar-refractivity contribution in [2.24, 2.45) is 0 Å². The Bertz CT molecular complexity index is 722. The molecule has 9 heteroatoms. The molecule has 1 atom stereocenters. The fraction of sp³-hybridized carbons (Fsp3) is 0.467. The van der Waals surface area contributed by atoms with Gasteiger partial charge in [-0.1, -0.05) is 34.7 Å². The Morgan fingerprint density at radius 1 is 1.33 bits per heavy atom. The van der Waals surface area contributed by atoms with Crippen molar-refractivity contribution in [3.05, 3.63) is 22.7 Å². The zero-order chi connectivity index (χ0) is 16.4. The molecule has 24 heavy (non-hydrogen) atoms. The van der Waals surface area contributed by atoms with Crippen molar-refractivity contribution in [3.8, 4) is 11.5 Å². The minimum atomic E-state index is 0.224. The monoisotopic (exact) mass is 385 g/mol. The van der Waals surface area contributed by atoms with Gasteiger partial charge in [-0.25, -0.2) is 0 Å². The van der Waals surface area contributed by atoms with Crippen LogP contribution in [0.1, 0.15) is 18.4 Å². The number of rotatable bonds is 6. The minimum Gasteiger partial charge on any atom is -0.454 e. The second-order valence-corrected chi connectivity index (χ2v) is 8.10. The average Bonchev–Trinajstić information content (AvgIpc) is 3.32. The third-order valence-electron chi connectivity index (χ3n) is 3.76. The molecule has 1 N–H and O–H groups in total. The van der Waals surface area contributed by atoms with Gasteiger partial charge in [-0.15, -0.1) is 10.2 Å². The van der Waals surface area contributed by atoms with Crippen molar-refractivity contribution in [1.82, 2.24) is 10.2 Å². The van der Waals surface area contributed by atoms with E-state index in [1.807, 2.05) is 12.1 Å². The molecule has 6 nitrogen and oxygen atoms in total. The summed E-state index contributed by atoms with van der Waals surface area (Å²) in [4.78, 5) is 0. The van der Waals surface area contributed by atoms with Gasteiger partial charge in [0, 0.05) is 18.9 Å². The first-order chi connectivity index (χ1) is 11.8. The molecular weight excluding hydrogens is 370 g/mol. The Kier molecular flexibility index (Phi) is 4.98. The van der Waals surface area contributed by atoms with Gasteiger partial charge in [0.2, 0.25) is 11.9 Å². The van der Waals surface area contributed by atoms with E-state index in [0.29, 0.717) is 22.6 Å². The van der Waals surface area contributed by atoms with Gasteiger partial charge in [0.05, 0.1) is 11.1 Å². The van der Waals surface area contributed by atoms with Gasteiger partial charge in [-0.05, 0) is 30.5 Å². The maximum atomic E-state index is 6.20. The lowest BCUT2D eigenvalue weighted by molar-refractivity contribution is 0.120. The first kappa shape index (κ1) is 16.3. The van der Waals surface area contributed by atoms with E-state index in [0.717, 1.165) is 46.8 Å². The van der Waals surface area contributed by atoms with Crippen molar-refractivity contribution >= 4 is 39.8 Å². The largest absolute Gasteiger partial charge is 0.454 e. The van der Waals surface area contributed by atoms with E-state index in [2.05, 4.69) is 15.5 Å². The summed E-state index contributed by atoms with van der Waals surface area (Å²) in [5.74, 6) is 2.08. The first-order valence-electron chi connectivity index (χ1n) is 7.68. The topological polar surface area (TPSA) is 65.5 Å². The van der Waals surface area contributed by atoms with E-state index in [4.69, 9.17) is 25.8 Å². The number of fused-ring (bicyclic) bond motifs is 1. The summed E-state index contributed by atoms with van der Waals surface area (Å²) in [7, 11) is 0. The number of hydrogen-bond donors (Lipinski definition) is 1. The molecule has 4 rings (SSSR count). The Morgan fingerprint density at radius 2 is 2.29 bits per heavy atom. The third kappa shape index (κ3) is 3.72. The molecule has 1 unspecified atom stereocenters. The fourth-order valence-corrected chi connectivity index (χ4v) is 4.57. The predicted molar refractivity (Wildman–Crippen MR) is 94.5 cm³/mol. The summed E-state index contributed by atoms with van der Waals surface area (Å²) in [6.45, 7) is 1.88. The Morgan fingerprint density at radius 3 is 3.17 bits per heavy atom. The molecule has 0 aliphatic carbocycles. The van der Waals surface area contributed by atoms with E-state index in [9.17, 15) is 0 Å². The highest BCUT2D eigenvalue weighted by molar-refractivity contribution is 8.00. The zero-order valence-corrected chi connectivity index (χ0v) is 15.2. The standard InChI is InChI=1S/C15H16ClN3O3S2/c16-11-4-9(5-12-13(11)22-8-21-12)7-23-15-19-18-14(24-15)17-6-10-2-1-3-20-10/h4-5,10H,1-3,6-8H2,(H,17,18). The molecule has 3 heterocycles. The number of nitrogens with zero attached hydrogens (tertiary/aromatic N) is 2. The molecule has 0 amide bonds. The van der Waals surface area contributed by atoms with Crippen LogP contribution in [0.2, 0.25) is 5.02 Å². The van der Waals surface area contributed by atoms with Crippen molar-refractivity contribution in [3.63, 3.8) is 0 Å². The highest BCUT2D eigenvalue weighted by Crippen LogP contribution is 2.41. The van der Waals surface area contributed by atoms with E-state index in [1.54, 1.807) is 23.1 Å². The molecule has 1 aromatic carbocycles. The zero-order valence-electron chi connectivity index (χ0n) is 12.8. The van der Waals surface area contributed by atoms with Crippen molar-refractivity contribution in [2.45, 2.75) is 29.0 Å². The van der Waals surface area contributed by atoms with Crippen LogP contribution in [0.4, 0.5) is 5.13 Å². The van der Waals surface area contributed by atoms with E-state index in [-0.39, 0.29) is 6.79 Å². The molecule has 1 saturated heterocycles. The van der Waals surface area contributed by atoms with Crippen LogP contribution in [0.5, 0.6) is 11.5 Å². The number of hydrogen-bond acceptors (Lipinski definition) is 8. The quantitative estimate of drug-likeness (QED) is 0.758. The predicted octanol–water partition coefficient (Wildman–Crippen LogP) is 3.80. The van der Waals surface area contributed by atoms with Gasteiger partial charge in [0.1, 0.15) is 0 Å². The van der Waals surface area contributed by atoms with Crippen LogP contribution in [-0.4, -0.2) is 36.2 Å². The van der Waals surface area contributed by atoms with Crippen LogP contribution in [0.3, 0.4) is 0 Å². The van der Waals surface area contributed by atoms with Crippen molar-refractivity contribution < 1.29 is 14.2 Å². The molecule has 2 aliphatic heterocycles. The molecule has 2 aliphatic rings. The molecule has 1 aromatic heterocycles. The number of thioether (sulfide) groups is 1. The normalized spacial score (nSPS) is 19.0. The highest BCUT2D eigenvalue weighted by atomic mass is 35.5. The van der Waals surface area contributed by atoms with Crippen LogP contribution in [0.25, 0.3) is 0 Å². The lowest BCUT2D eigenvalue weighted by Crippen LogP contribution is -2.18. The van der Waals surface area contributed by atoms with Gasteiger partial charge < -0.3 is 19.5 Å². The maximum Gasteiger partial charge on any atom is 0.231 e. The van der Waals surface area contributed by atoms with Crippen molar-refractivity contribution in [1.29, 1.82) is 0 Å². The van der Waals surface area contributed by atoms with Crippen LogP contribution < -0.4 is 14.8 Å². The van der Waals surface area contributed by atoms with Gasteiger partial charge in [0.15, 0.2) is 15.8 Å². The summed E-state index contributed by atoms with van der Waals surface area (Å²) in [5, 5.41) is 13.1. The Hall–Kier alpha value is -1.22. The number of benzene rings is 1. The molecule has 1 fully saturated rings. The fourth-order valence-electron chi connectivity index (χ4n) is 2.60. The first-order valence-corrected chi connectivity index (χ1v) is 9.86. The van der Waals surface area contributed by atoms with E-state index < -0.39 is 0 Å². The summed E-state index contributed by atoms with van der Waals surface area (Å²) in [6, 6.07) is 3.86. The molecule has 0 saturated carbocycles. The van der Waals surface area contributed by atoms with Crippen LogP contribution >= 0.6 is 34.7 Å². The highest BCUT2D eigenvalue weighted by Gasteiger charge is 2.19. The molecule has 2 aromatic rings. The van der Waals surface area contributed by atoms with Gasteiger partial charge in [-0.3, -0.25) is 0 Å². The van der Waals surface area contributed by atoms with Crippen LogP contribution in [0, 0.1) is 0 Å². The van der Waals surface area contributed by atoms with E-state index in [1.165, 1.54) is 0 Å². The molecule has 0 radical (unpaired) electrons. The average molecular weight is 386 g/mol. The molecule has 0 spiro atoms. The number of nitrogens with one attached hydrogen (secondary N) is 1. The lowest BCUT2D eigenvalue weighted by Gasteiger charge is -2.08. The SMILES string of the molecule is Clc1cc(CSc2nnc(NCC3CCCO3)s2)cc2c1OCO2. The van der Waals surface area contributed by atoms with Crippen LogP contribution in [0.15, 0.2) is 16.5 Å². The summed E-state index contributed by atoms with van der Waals surface area (Å²) < 4.78 is 17.2. The molecule has 0 bridgehead atoms. The number of halogens is 1. The van der Waals surface area contributed by atoms with Crippen LogP contribution in [-0.2, 0) is 10.5 Å². The molecule has 128 valence electrons. The second kappa shape index (κ2) is 7.35. The summed E-state index contributed by atoms with van der Waals surface area (Å²) in [5.41, 5.74) is 1.07. The Balaban J connectivity index is 1.32. The summed E-state index contributed by atoms with van der Waals surface area (Å²) in [6.07, 6.45) is 2.54. The maximum absolute atomic E-state index is 6.20. The third-order valence-corrected chi connectivity index (χ3v) is 6.13. The number of anilines is 1. The van der Waals surface area contributed by atoms with Crippen molar-refractivity contribution in [2.75, 3.05) is 25.3 Å². The molecular formula is C15H16ClN3O3S2. The van der Waals surface area contributed by atoms with Gasteiger partial charge in [-0.2, -0.15) is 0 Å². The van der Waals surface area contributed by atoms with Gasteiger partial charge in [0.25, 0.3) is 0 Å². The van der Waals surface area contributed by atoms with Gasteiger partial charge >= 0.3 is 0 Å². The Labute approximate surface area is 152 Å². The summed E-state index contributed by atoms with van der Waals surface area (Å²) >= 11 is 9.38. The minimum absolute atomic E-state index is 0.224. The number of aromatic nitrogens is 2. The second-order valence-electron chi connectivity index (χ2n) is 5.49. The number of ether oxygens (including phenoxy) is 3. The smallest absolute Gasteiger partial charge is 0.231 e. The lowest BCUT2D eigenvalue weighted by atomic mass is 10.2.